The molecule has 0 saturated carbocycles. The van der Waals surface area contributed by atoms with Gasteiger partial charge >= 0.3 is 0 Å². The van der Waals surface area contributed by atoms with Crippen LogP contribution in [-0.2, 0) is 24.6 Å². The van der Waals surface area contributed by atoms with E-state index in [1.807, 2.05) is 30.3 Å². The molecule has 1 aliphatic heterocycles. The predicted molar refractivity (Wildman–Crippen MR) is 119 cm³/mol. The number of imidazole rings is 1. The Morgan fingerprint density at radius 3 is 2.47 bits per heavy atom. The van der Waals surface area contributed by atoms with Crippen LogP contribution in [-0.4, -0.2) is 45.8 Å². The third-order valence-corrected chi connectivity index (χ3v) is 5.55. The Morgan fingerprint density at radius 1 is 0.867 bits per heavy atom. The number of fused-ring (bicyclic) bond motifs is 1. The summed E-state index contributed by atoms with van der Waals surface area (Å²) < 4.78 is 7.63. The van der Waals surface area contributed by atoms with Crippen molar-refractivity contribution in [2.24, 2.45) is 7.05 Å². The molecule has 3 heterocycles. The topological polar surface area (TPSA) is 56.1 Å². The van der Waals surface area contributed by atoms with Gasteiger partial charge in [0.25, 0.3) is 0 Å². The van der Waals surface area contributed by atoms with Crippen molar-refractivity contribution in [3.05, 3.63) is 72.4 Å². The maximum Gasteiger partial charge on any atom is 0.140 e. The van der Waals surface area contributed by atoms with Crippen LogP contribution >= 0.6 is 0 Å². The molecule has 0 amide bonds. The Bertz CT molecular complexity index is 1150. The van der Waals surface area contributed by atoms with E-state index in [1.165, 1.54) is 0 Å². The van der Waals surface area contributed by atoms with Gasteiger partial charge in [0.1, 0.15) is 17.5 Å². The van der Waals surface area contributed by atoms with E-state index < -0.39 is 0 Å². The lowest BCUT2D eigenvalue weighted by atomic mass is 10.2. The number of hydrogen-bond acceptors (Lipinski definition) is 5. The van der Waals surface area contributed by atoms with E-state index in [9.17, 15) is 0 Å². The van der Waals surface area contributed by atoms with Crippen molar-refractivity contribution in [3.8, 4) is 11.3 Å². The maximum atomic E-state index is 5.52. The first-order valence-electron chi connectivity index (χ1n) is 10.4. The molecular formula is C24H25N5O. The fourth-order valence-corrected chi connectivity index (χ4v) is 3.94. The molecule has 1 fully saturated rings. The average molecular weight is 399 g/mol. The van der Waals surface area contributed by atoms with Crippen molar-refractivity contribution < 1.29 is 4.74 Å². The van der Waals surface area contributed by atoms with Gasteiger partial charge in [0, 0.05) is 50.1 Å². The van der Waals surface area contributed by atoms with Crippen molar-refractivity contribution in [2.75, 3.05) is 31.2 Å². The van der Waals surface area contributed by atoms with Crippen LogP contribution < -0.4 is 4.90 Å². The molecule has 5 rings (SSSR count). The Hall–Kier alpha value is -3.25. The molecule has 0 N–H and O–H groups in total. The minimum absolute atomic E-state index is 0.739. The van der Waals surface area contributed by atoms with Crippen LogP contribution in [0.4, 0.5) is 5.82 Å². The van der Waals surface area contributed by atoms with Gasteiger partial charge in [-0.05, 0) is 12.1 Å². The lowest BCUT2D eigenvalue weighted by Gasteiger charge is -2.29. The van der Waals surface area contributed by atoms with Gasteiger partial charge in [-0.1, -0.05) is 42.5 Å². The first-order chi connectivity index (χ1) is 14.8. The van der Waals surface area contributed by atoms with E-state index in [4.69, 9.17) is 19.7 Å². The van der Waals surface area contributed by atoms with Crippen molar-refractivity contribution in [1.29, 1.82) is 0 Å². The minimum Gasteiger partial charge on any atom is -0.378 e. The third-order valence-electron chi connectivity index (χ3n) is 5.55. The molecule has 2 aromatic carbocycles. The van der Waals surface area contributed by atoms with E-state index in [0.717, 1.165) is 78.8 Å². The van der Waals surface area contributed by atoms with Crippen molar-refractivity contribution in [1.82, 2.24) is 19.5 Å². The lowest BCUT2D eigenvalue weighted by Crippen LogP contribution is -2.37. The summed E-state index contributed by atoms with van der Waals surface area (Å²) in [5.41, 5.74) is 3.13. The standard InChI is InChI=1S/C24H25N5O/c1-28-17-21(18-7-3-2-4-8-18)26-23(28)12-11-22-25-20-10-6-5-9-19(20)24(27-22)29-13-15-30-16-14-29/h2-10,17H,11-16H2,1H3. The quantitative estimate of drug-likeness (QED) is 0.513. The van der Waals surface area contributed by atoms with E-state index in [0.29, 0.717) is 0 Å². The van der Waals surface area contributed by atoms with Gasteiger partial charge in [-0.3, -0.25) is 0 Å². The van der Waals surface area contributed by atoms with Crippen LogP contribution in [0, 0.1) is 0 Å². The van der Waals surface area contributed by atoms with E-state index in [-0.39, 0.29) is 0 Å². The van der Waals surface area contributed by atoms with Gasteiger partial charge in [0.15, 0.2) is 0 Å². The monoisotopic (exact) mass is 399 g/mol. The second-order valence-corrected chi connectivity index (χ2v) is 7.60. The number of para-hydroxylation sites is 1. The number of aromatic nitrogens is 4. The normalized spacial score (nSPS) is 14.4. The van der Waals surface area contributed by atoms with Crippen LogP contribution in [0.3, 0.4) is 0 Å². The van der Waals surface area contributed by atoms with Crippen LogP contribution in [0.5, 0.6) is 0 Å². The highest BCUT2D eigenvalue weighted by atomic mass is 16.5. The molecule has 0 aliphatic carbocycles. The molecule has 1 saturated heterocycles. The SMILES string of the molecule is Cn1cc(-c2ccccc2)nc1CCc1nc(N2CCOCC2)c2ccccc2n1. The fourth-order valence-electron chi connectivity index (χ4n) is 3.94. The van der Waals surface area contributed by atoms with Gasteiger partial charge in [0.05, 0.1) is 24.4 Å². The van der Waals surface area contributed by atoms with Gasteiger partial charge in [-0.2, -0.15) is 0 Å². The molecule has 1 aliphatic rings. The summed E-state index contributed by atoms with van der Waals surface area (Å²) in [5, 5.41) is 1.10. The summed E-state index contributed by atoms with van der Waals surface area (Å²) in [6.45, 7) is 3.20. The number of ether oxygens (including phenoxy) is 1. The number of morpholine rings is 1. The molecule has 0 radical (unpaired) electrons. The van der Waals surface area contributed by atoms with E-state index in [2.05, 4.69) is 47.0 Å². The first-order valence-corrected chi connectivity index (χ1v) is 10.4. The van der Waals surface area contributed by atoms with Crippen molar-refractivity contribution in [2.45, 2.75) is 12.8 Å². The summed E-state index contributed by atoms with van der Waals surface area (Å²) in [6, 6.07) is 18.5. The van der Waals surface area contributed by atoms with E-state index >= 15 is 0 Å². The largest absolute Gasteiger partial charge is 0.378 e. The Labute approximate surface area is 176 Å². The number of anilines is 1. The molecule has 6 heteroatoms. The summed E-state index contributed by atoms with van der Waals surface area (Å²) >= 11 is 0. The lowest BCUT2D eigenvalue weighted by molar-refractivity contribution is 0.122. The molecule has 6 nitrogen and oxygen atoms in total. The van der Waals surface area contributed by atoms with Crippen molar-refractivity contribution >= 4 is 16.7 Å². The average Bonchev–Trinajstić information content (AvgIpc) is 3.19. The highest BCUT2D eigenvalue weighted by Gasteiger charge is 2.17. The maximum absolute atomic E-state index is 5.52. The Kier molecular flexibility index (Phi) is 5.15. The molecule has 4 aromatic rings. The second-order valence-electron chi connectivity index (χ2n) is 7.60. The number of nitrogens with zero attached hydrogens (tertiary/aromatic N) is 5. The number of aryl methyl sites for hydroxylation is 3. The zero-order chi connectivity index (χ0) is 20.3. The molecule has 0 bridgehead atoms. The summed E-state index contributed by atoms with van der Waals surface area (Å²) in [4.78, 5) is 17.0. The Balaban J connectivity index is 1.41. The van der Waals surface area contributed by atoms with Gasteiger partial charge < -0.3 is 14.2 Å². The number of rotatable bonds is 5. The molecule has 0 spiro atoms. The molecule has 30 heavy (non-hydrogen) atoms. The molecular weight excluding hydrogens is 374 g/mol. The second kappa shape index (κ2) is 8.24. The predicted octanol–water partition coefficient (Wildman–Crippen LogP) is 3.65. The van der Waals surface area contributed by atoms with Crippen molar-refractivity contribution in [3.63, 3.8) is 0 Å². The van der Waals surface area contributed by atoms with Crippen LogP contribution in [0.25, 0.3) is 22.2 Å². The zero-order valence-electron chi connectivity index (χ0n) is 17.2. The van der Waals surface area contributed by atoms with E-state index in [1.54, 1.807) is 0 Å². The highest BCUT2D eigenvalue weighted by molar-refractivity contribution is 5.89. The molecule has 0 unspecified atom stereocenters. The fraction of sp³-hybridized carbons (Fsp3) is 0.292. The van der Waals surface area contributed by atoms with Gasteiger partial charge in [-0.15, -0.1) is 0 Å². The smallest absolute Gasteiger partial charge is 0.140 e. The molecule has 152 valence electrons. The number of benzene rings is 2. The highest BCUT2D eigenvalue weighted by Crippen LogP contribution is 2.25. The van der Waals surface area contributed by atoms with Gasteiger partial charge in [-0.25, -0.2) is 15.0 Å². The summed E-state index contributed by atoms with van der Waals surface area (Å²) in [7, 11) is 2.05. The van der Waals surface area contributed by atoms with Crippen LogP contribution in [0.15, 0.2) is 60.8 Å². The Morgan fingerprint density at radius 2 is 1.63 bits per heavy atom. The number of hydrogen-bond donors (Lipinski definition) is 0. The molecule has 0 atom stereocenters. The minimum atomic E-state index is 0.739. The third kappa shape index (κ3) is 3.78. The zero-order valence-corrected chi connectivity index (χ0v) is 17.2. The van der Waals surface area contributed by atoms with Crippen LogP contribution in [0.2, 0.25) is 0 Å². The first kappa shape index (κ1) is 18.8. The summed E-state index contributed by atoms with van der Waals surface area (Å²) in [6.07, 6.45) is 3.64. The molecule has 2 aromatic heterocycles. The summed E-state index contributed by atoms with van der Waals surface area (Å²) in [5.74, 6) is 2.92. The van der Waals surface area contributed by atoms with Gasteiger partial charge in [0.2, 0.25) is 0 Å². The van der Waals surface area contributed by atoms with Crippen LogP contribution in [0.1, 0.15) is 11.6 Å².